The summed E-state index contributed by atoms with van der Waals surface area (Å²) in [7, 11) is 1.51. The summed E-state index contributed by atoms with van der Waals surface area (Å²) in [6.45, 7) is 1.92. The molecule has 3 heteroatoms. The molecule has 1 rings (SSSR count). The quantitative estimate of drug-likeness (QED) is 0.672. The molecule has 0 spiro atoms. The number of nitrogens with zero attached hydrogens (tertiary/aromatic N) is 1. The van der Waals surface area contributed by atoms with Gasteiger partial charge in [0.15, 0.2) is 0 Å². The Bertz CT molecular complexity index is 246. The molecule has 1 aromatic carbocycles. The fourth-order valence-electron chi connectivity index (χ4n) is 1.01. The molecule has 0 aliphatic heterocycles. The van der Waals surface area contributed by atoms with E-state index >= 15 is 0 Å². The van der Waals surface area contributed by atoms with E-state index in [1.165, 1.54) is 0 Å². The molecule has 0 saturated heterocycles. The number of hydrogen-bond acceptors (Lipinski definition) is 2. The van der Waals surface area contributed by atoms with Crippen LogP contribution in [-0.2, 0) is 0 Å². The van der Waals surface area contributed by atoms with Crippen LogP contribution in [0, 0.1) is 0 Å². The first-order valence-electron chi connectivity index (χ1n) is 4.00. The molecule has 0 saturated carbocycles. The van der Waals surface area contributed by atoms with Crippen LogP contribution in [-0.4, -0.2) is 31.9 Å². The highest BCUT2D eigenvalue weighted by atomic mass is 28.4. The molecule has 1 atom stereocenters. The lowest BCUT2D eigenvalue weighted by Gasteiger charge is -2.27. The van der Waals surface area contributed by atoms with Crippen molar-refractivity contribution >= 4 is 13.7 Å². The monoisotopic (exact) mass is 181 g/mol. The molecular formula is C9H15NOSi. The number of hydrogen-bond donors (Lipinski definition) is 1. The molecule has 66 valence electrons. The molecule has 12 heavy (non-hydrogen) atoms. The lowest BCUT2D eigenvalue weighted by Crippen LogP contribution is -2.57. The van der Waals surface area contributed by atoms with Gasteiger partial charge in [-0.2, -0.15) is 0 Å². The van der Waals surface area contributed by atoms with Crippen molar-refractivity contribution in [1.82, 2.24) is 4.57 Å². The standard InChI is InChI=1S/C9H15NOSi/c1-10(2)12(3,11)9-7-5-4-6-8-9/h4-8,11H,1-3H3/t12-/m1/s1. The second-order valence-corrected chi connectivity index (χ2v) is 6.79. The summed E-state index contributed by atoms with van der Waals surface area (Å²) in [6.07, 6.45) is 0. The van der Waals surface area contributed by atoms with Crippen LogP contribution in [0.3, 0.4) is 0 Å². The van der Waals surface area contributed by atoms with Crippen LogP contribution < -0.4 is 5.19 Å². The third-order valence-corrected chi connectivity index (χ3v) is 5.36. The van der Waals surface area contributed by atoms with E-state index in [-0.39, 0.29) is 0 Å². The maximum Gasteiger partial charge on any atom is 0.298 e. The van der Waals surface area contributed by atoms with Gasteiger partial charge in [-0.05, 0) is 25.8 Å². The third kappa shape index (κ3) is 1.74. The highest BCUT2D eigenvalue weighted by Crippen LogP contribution is 2.01. The third-order valence-electron chi connectivity index (χ3n) is 2.19. The van der Waals surface area contributed by atoms with Gasteiger partial charge in [0.1, 0.15) is 0 Å². The molecule has 0 aliphatic carbocycles. The molecule has 1 N–H and O–H groups in total. The number of benzene rings is 1. The van der Waals surface area contributed by atoms with Crippen LogP contribution in [0.4, 0.5) is 0 Å². The van der Waals surface area contributed by atoms with Crippen LogP contribution in [0.5, 0.6) is 0 Å². The summed E-state index contributed by atoms with van der Waals surface area (Å²) < 4.78 is 1.92. The van der Waals surface area contributed by atoms with Crippen LogP contribution in [0.1, 0.15) is 0 Å². The Hall–Kier alpha value is -0.643. The first-order chi connectivity index (χ1) is 5.55. The Kier molecular flexibility index (Phi) is 2.67. The second-order valence-electron chi connectivity index (χ2n) is 3.28. The van der Waals surface area contributed by atoms with Gasteiger partial charge in [0.25, 0.3) is 8.48 Å². The number of rotatable bonds is 2. The molecule has 0 aliphatic rings. The van der Waals surface area contributed by atoms with Gasteiger partial charge < -0.3 is 9.36 Å². The highest BCUT2D eigenvalue weighted by Gasteiger charge is 2.29. The summed E-state index contributed by atoms with van der Waals surface area (Å²) in [5.74, 6) is 0. The van der Waals surface area contributed by atoms with Crippen molar-refractivity contribution in [1.29, 1.82) is 0 Å². The second kappa shape index (κ2) is 3.39. The van der Waals surface area contributed by atoms with Crippen molar-refractivity contribution in [2.24, 2.45) is 0 Å². The molecule has 2 nitrogen and oxygen atoms in total. The summed E-state index contributed by atoms with van der Waals surface area (Å²) in [5, 5.41) is 1.05. The van der Waals surface area contributed by atoms with Gasteiger partial charge >= 0.3 is 0 Å². The summed E-state index contributed by atoms with van der Waals surface area (Å²) in [6, 6.07) is 9.84. The van der Waals surface area contributed by atoms with Gasteiger partial charge in [-0.1, -0.05) is 30.3 Å². The Balaban J connectivity index is 2.98. The summed E-state index contributed by atoms with van der Waals surface area (Å²) in [4.78, 5) is 10.1. The van der Waals surface area contributed by atoms with Gasteiger partial charge in [0.2, 0.25) is 0 Å². The SMILES string of the molecule is CN(C)[Si@](C)(O)c1ccccc1. The molecule has 0 bridgehead atoms. The van der Waals surface area contributed by atoms with E-state index in [4.69, 9.17) is 0 Å². The van der Waals surface area contributed by atoms with Crippen molar-refractivity contribution in [2.75, 3.05) is 14.1 Å². The van der Waals surface area contributed by atoms with Gasteiger partial charge in [-0.15, -0.1) is 0 Å². The largest absolute Gasteiger partial charge is 0.416 e. The predicted octanol–water partition coefficient (Wildman–Crippen LogP) is 0.519. The van der Waals surface area contributed by atoms with Crippen molar-refractivity contribution in [3.63, 3.8) is 0 Å². The molecular weight excluding hydrogens is 166 g/mol. The minimum absolute atomic E-state index is 1.05. The van der Waals surface area contributed by atoms with Crippen LogP contribution in [0.15, 0.2) is 30.3 Å². The van der Waals surface area contributed by atoms with E-state index in [0.29, 0.717) is 0 Å². The smallest absolute Gasteiger partial charge is 0.298 e. The maximum atomic E-state index is 10.1. The Morgan fingerprint density at radius 3 is 2.08 bits per heavy atom. The molecule has 0 heterocycles. The van der Waals surface area contributed by atoms with E-state index in [9.17, 15) is 4.80 Å². The van der Waals surface area contributed by atoms with Crippen LogP contribution in [0.25, 0.3) is 0 Å². The van der Waals surface area contributed by atoms with Crippen LogP contribution >= 0.6 is 0 Å². The average molecular weight is 181 g/mol. The van der Waals surface area contributed by atoms with Crippen molar-refractivity contribution in [2.45, 2.75) is 6.55 Å². The summed E-state index contributed by atoms with van der Waals surface area (Å²) >= 11 is 0. The van der Waals surface area contributed by atoms with E-state index in [0.717, 1.165) is 5.19 Å². The van der Waals surface area contributed by atoms with E-state index < -0.39 is 8.48 Å². The molecule has 0 fully saturated rings. The fourth-order valence-corrected chi connectivity index (χ4v) is 2.35. The zero-order valence-electron chi connectivity index (χ0n) is 7.78. The molecule has 1 aromatic rings. The van der Waals surface area contributed by atoms with Crippen molar-refractivity contribution in [3.8, 4) is 0 Å². The Labute approximate surface area is 74.7 Å². The Morgan fingerprint density at radius 1 is 1.17 bits per heavy atom. The highest BCUT2D eigenvalue weighted by molar-refractivity contribution is 6.81. The zero-order chi connectivity index (χ0) is 9.19. The Morgan fingerprint density at radius 2 is 1.67 bits per heavy atom. The predicted molar refractivity (Wildman–Crippen MR) is 53.6 cm³/mol. The molecule has 0 aromatic heterocycles. The van der Waals surface area contributed by atoms with Crippen LogP contribution in [0.2, 0.25) is 6.55 Å². The first kappa shape index (κ1) is 9.44. The van der Waals surface area contributed by atoms with E-state index in [2.05, 4.69) is 0 Å². The molecule has 0 amide bonds. The van der Waals surface area contributed by atoms with Gasteiger partial charge in [0, 0.05) is 0 Å². The van der Waals surface area contributed by atoms with Gasteiger partial charge in [0.05, 0.1) is 0 Å². The summed E-state index contributed by atoms with van der Waals surface area (Å²) in [5.41, 5.74) is 0. The first-order valence-corrected chi connectivity index (χ1v) is 6.40. The van der Waals surface area contributed by atoms with E-state index in [1.54, 1.807) is 0 Å². The van der Waals surface area contributed by atoms with Crippen molar-refractivity contribution in [3.05, 3.63) is 30.3 Å². The van der Waals surface area contributed by atoms with E-state index in [1.807, 2.05) is 55.5 Å². The van der Waals surface area contributed by atoms with Gasteiger partial charge in [-0.25, -0.2) is 0 Å². The maximum absolute atomic E-state index is 10.1. The van der Waals surface area contributed by atoms with Crippen molar-refractivity contribution < 1.29 is 4.80 Å². The minimum atomic E-state index is -2.32. The van der Waals surface area contributed by atoms with Gasteiger partial charge in [-0.3, -0.25) is 0 Å². The molecule has 0 radical (unpaired) electrons. The fraction of sp³-hybridized carbons (Fsp3) is 0.333. The lowest BCUT2D eigenvalue weighted by molar-refractivity contribution is 0.446. The normalized spacial score (nSPS) is 16.1. The average Bonchev–Trinajstić information content (AvgIpc) is 2.06. The topological polar surface area (TPSA) is 23.5 Å². The zero-order valence-corrected chi connectivity index (χ0v) is 8.78. The lowest BCUT2D eigenvalue weighted by atomic mass is 10.4. The minimum Gasteiger partial charge on any atom is -0.416 e. The molecule has 0 unspecified atom stereocenters.